The van der Waals surface area contributed by atoms with Gasteiger partial charge in [0.05, 0.1) is 18.4 Å². The lowest BCUT2D eigenvalue weighted by Crippen LogP contribution is -2.47. The minimum Gasteiger partial charge on any atom is -0.497 e. The summed E-state index contributed by atoms with van der Waals surface area (Å²) in [6.07, 6.45) is 2.82. The molecular weight excluding hydrogens is 250 g/mol. The normalized spacial score (nSPS) is 19.7. The third-order valence-electron chi connectivity index (χ3n) is 4.25. The lowest BCUT2D eigenvalue weighted by Gasteiger charge is -2.36. The molecule has 4 heteroatoms. The zero-order chi connectivity index (χ0) is 13.9. The molecule has 106 valence electrons. The first kappa shape index (κ1) is 13.3. The Bertz CT molecular complexity index is 511. The molecule has 0 N–H and O–H groups in total. The van der Waals surface area contributed by atoms with Crippen LogP contribution in [0.5, 0.6) is 5.75 Å². The Labute approximate surface area is 120 Å². The molecule has 0 radical (unpaired) electrons. The Balaban J connectivity index is 1.68. The van der Waals surface area contributed by atoms with Gasteiger partial charge in [-0.2, -0.15) is 5.26 Å². The van der Waals surface area contributed by atoms with Crippen LogP contribution in [0.15, 0.2) is 18.2 Å². The van der Waals surface area contributed by atoms with Crippen molar-refractivity contribution >= 4 is 5.69 Å². The van der Waals surface area contributed by atoms with Gasteiger partial charge in [0.2, 0.25) is 0 Å². The molecule has 1 saturated carbocycles. The first-order valence-electron chi connectivity index (χ1n) is 7.35. The van der Waals surface area contributed by atoms with Crippen molar-refractivity contribution in [2.24, 2.45) is 5.92 Å². The fraction of sp³-hybridized carbons (Fsp3) is 0.562. The van der Waals surface area contributed by atoms with Gasteiger partial charge in [0.15, 0.2) is 0 Å². The molecule has 3 rings (SSSR count). The number of nitrogens with zero attached hydrogens (tertiary/aromatic N) is 3. The van der Waals surface area contributed by atoms with Crippen LogP contribution in [-0.4, -0.2) is 44.7 Å². The lowest BCUT2D eigenvalue weighted by atomic mass is 10.1. The van der Waals surface area contributed by atoms with Crippen LogP contribution < -0.4 is 9.64 Å². The van der Waals surface area contributed by atoms with Gasteiger partial charge in [-0.1, -0.05) is 0 Å². The van der Waals surface area contributed by atoms with Crippen molar-refractivity contribution in [3.63, 3.8) is 0 Å². The smallest absolute Gasteiger partial charge is 0.121 e. The van der Waals surface area contributed by atoms with Crippen molar-refractivity contribution in [3.05, 3.63) is 23.8 Å². The maximum absolute atomic E-state index is 9.26. The van der Waals surface area contributed by atoms with Crippen LogP contribution in [0.1, 0.15) is 18.4 Å². The molecule has 1 heterocycles. The average molecular weight is 271 g/mol. The fourth-order valence-electron chi connectivity index (χ4n) is 2.83. The van der Waals surface area contributed by atoms with Crippen molar-refractivity contribution in [1.82, 2.24) is 4.90 Å². The van der Waals surface area contributed by atoms with Gasteiger partial charge in [0.1, 0.15) is 11.8 Å². The number of benzene rings is 1. The van der Waals surface area contributed by atoms with Crippen LogP contribution in [0.25, 0.3) is 0 Å². The Morgan fingerprint density at radius 1 is 1.25 bits per heavy atom. The predicted octanol–water partition coefficient (Wildman–Crippen LogP) is 2.10. The van der Waals surface area contributed by atoms with Crippen molar-refractivity contribution in [2.75, 3.05) is 44.7 Å². The maximum atomic E-state index is 9.26. The van der Waals surface area contributed by atoms with E-state index in [9.17, 15) is 5.26 Å². The number of nitriles is 1. The Hall–Kier alpha value is -1.73. The Kier molecular flexibility index (Phi) is 3.79. The molecule has 1 aliphatic heterocycles. The minimum absolute atomic E-state index is 0.737. The van der Waals surface area contributed by atoms with E-state index in [-0.39, 0.29) is 0 Å². The fourth-order valence-corrected chi connectivity index (χ4v) is 2.83. The summed E-state index contributed by atoms with van der Waals surface area (Å²) < 4.78 is 5.28. The van der Waals surface area contributed by atoms with Crippen LogP contribution in [0.3, 0.4) is 0 Å². The highest BCUT2D eigenvalue weighted by atomic mass is 16.5. The second-order valence-corrected chi connectivity index (χ2v) is 5.73. The van der Waals surface area contributed by atoms with Gasteiger partial charge < -0.3 is 9.64 Å². The molecule has 0 amide bonds. The third-order valence-corrected chi connectivity index (χ3v) is 4.25. The molecule has 4 nitrogen and oxygen atoms in total. The van der Waals surface area contributed by atoms with E-state index in [1.54, 1.807) is 7.11 Å². The van der Waals surface area contributed by atoms with Crippen LogP contribution >= 0.6 is 0 Å². The summed E-state index contributed by atoms with van der Waals surface area (Å²) in [5.74, 6) is 1.77. The van der Waals surface area contributed by atoms with Crippen LogP contribution in [0.4, 0.5) is 5.69 Å². The number of methoxy groups -OCH3 is 1. The predicted molar refractivity (Wildman–Crippen MR) is 79.1 cm³/mol. The van der Waals surface area contributed by atoms with Gasteiger partial charge in [-0.3, -0.25) is 4.90 Å². The second-order valence-electron chi connectivity index (χ2n) is 5.73. The molecule has 0 spiro atoms. The van der Waals surface area contributed by atoms with E-state index in [2.05, 4.69) is 15.9 Å². The van der Waals surface area contributed by atoms with Crippen molar-refractivity contribution < 1.29 is 4.74 Å². The summed E-state index contributed by atoms with van der Waals surface area (Å²) in [6, 6.07) is 7.97. The van der Waals surface area contributed by atoms with Gasteiger partial charge in [0.25, 0.3) is 0 Å². The summed E-state index contributed by atoms with van der Waals surface area (Å²) in [6.45, 7) is 5.44. The van der Waals surface area contributed by atoms with Gasteiger partial charge in [0, 0.05) is 38.8 Å². The number of rotatable bonds is 4. The summed E-state index contributed by atoms with van der Waals surface area (Å²) in [7, 11) is 1.67. The van der Waals surface area contributed by atoms with Gasteiger partial charge >= 0.3 is 0 Å². The molecule has 0 bridgehead atoms. The number of hydrogen-bond acceptors (Lipinski definition) is 4. The average Bonchev–Trinajstić information content (AvgIpc) is 3.31. The molecule has 0 atom stereocenters. The Morgan fingerprint density at radius 2 is 2.00 bits per heavy atom. The molecule has 1 aromatic carbocycles. The number of hydrogen-bond donors (Lipinski definition) is 0. The standard InChI is InChI=1S/C16H21N3O/c1-20-15-5-4-14(11-17)16(10-15)19-8-6-18(7-9-19)12-13-2-3-13/h4-5,10,13H,2-3,6-9,12H2,1H3. The van der Waals surface area contributed by atoms with Crippen LogP contribution in [0, 0.1) is 17.2 Å². The monoisotopic (exact) mass is 271 g/mol. The first-order chi connectivity index (χ1) is 9.80. The van der Waals surface area contributed by atoms with E-state index < -0.39 is 0 Å². The van der Waals surface area contributed by atoms with Gasteiger partial charge in [-0.05, 0) is 30.9 Å². The summed E-state index contributed by atoms with van der Waals surface area (Å²) in [5.41, 5.74) is 1.75. The lowest BCUT2D eigenvalue weighted by molar-refractivity contribution is 0.248. The highest BCUT2D eigenvalue weighted by Gasteiger charge is 2.27. The number of anilines is 1. The quantitative estimate of drug-likeness (QED) is 0.840. The zero-order valence-electron chi connectivity index (χ0n) is 12.0. The molecule has 1 saturated heterocycles. The SMILES string of the molecule is COc1ccc(C#N)c(N2CCN(CC3CC3)CC2)c1. The largest absolute Gasteiger partial charge is 0.497 e. The minimum atomic E-state index is 0.737. The van der Waals surface area contributed by atoms with Crippen LogP contribution in [0.2, 0.25) is 0 Å². The molecule has 1 aromatic rings. The van der Waals surface area contributed by atoms with E-state index >= 15 is 0 Å². The zero-order valence-corrected chi connectivity index (χ0v) is 12.0. The molecule has 0 unspecified atom stereocenters. The third kappa shape index (κ3) is 2.88. The van der Waals surface area contributed by atoms with E-state index in [1.165, 1.54) is 19.4 Å². The topological polar surface area (TPSA) is 39.5 Å². The van der Waals surface area contributed by atoms with E-state index in [1.807, 2.05) is 18.2 Å². The van der Waals surface area contributed by atoms with Gasteiger partial charge in [-0.25, -0.2) is 0 Å². The maximum Gasteiger partial charge on any atom is 0.121 e. The van der Waals surface area contributed by atoms with Crippen LogP contribution in [-0.2, 0) is 0 Å². The summed E-state index contributed by atoms with van der Waals surface area (Å²) >= 11 is 0. The van der Waals surface area contributed by atoms with E-state index in [0.717, 1.165) is 49.1 Å². The van der Waals surface area contributed by atoms with Crippen molar-refractivity contribution in [1.29, 1.82) is 5.26 Å². The highest BCUT2D eigenvalue weighted by Crippen LogP contribution is 2.31. The van der Waals surface area contributed by atoms with Crippen molar-refractivity contribution in [2.45, 2.75) is 12.8 Å². The number of ether oxygens (including phenoxy) is 1. The molecule has 20 heavy (non-hydrogen) atoms. The number of piperazine rings is 1. The molecule has 2 fully saturated rings. The Morgan fingerprint density at radius 3 is 2.60 bits per heavy atom. The first-order valence-corrected chi connectivity index (χ1v) is 7.35. The molecule has 0 aromatic heterocycles. The van der Waals surface area contributed by atoms with Crippen molar-refractivity contribution in [3.8, 4) is 11.8 Å². The van der Waals surface area contributed by atoms with E-state index in [4.69, 9.17) is 4.74 Å². The van der Waals surface area contributed by atoms with E-state index in [0.29, 0.717) is 0 Å². The van der Waals surface area contributed by atoms with Gasteiger partial charge in [-0.15, -0.1) is 0 Å². The molecular formula is C16H21N3O. The molecule has 1 aliphatic carbocycles. The highest BCUT2D eigenvalue weighted by molar-refractivity contribution is 5.62. The molecule has 2 aliphatic rings. The summed E-state index contributed by atoms with van der Waals surface area (Å²) in [4.78, 5) is 4.87. The summed E-state index contributed by atoms with van der Waals surface area (Å²) in [5, 5.41) is 9.26. The second kappa shape index (κ2) is 5.72.